The Balaban J connectivity index is 2.15. The maximum absolute atomic E-state index is 12.2. The van der Waals surface area contributed by atoms with Crippen molar-refractivity contribution in [2.75, 3.05) is 6.61 Å². The molecule has 0 aliphatic heterocycles. The largest absolute Gasteiger partial charge is 0.466 e. The van der Waals surface area contributed by atoms with Crippen LogP contribution < -0.4 is 0 Å². The molecule has 0 saturated heterocycles. The fourth-order valence-corrected chi connectivity index (χ4v) is 5.24. The van der Waals surface area contributed by atoms with Crippen molar-refractivity contribution in [3.63, 3.8) is 0 Å². The summed E-state index contributed by atoms with van der Waals surface area (Å²) in [6.45, 7) is 9.02. The number of ether oxygens (including phenoxy) is 1. The van der Waals surface area contributed by atoms with Gasteiger partial charge in [0.05, 0.1) is 18.1 Å². The van der Waals surface area contributed by atoms with E-state index in [2.05, 4.69) is 19.6 Å². The predicted molar refractivity (Wildman–Crippen MR) is 78.5 cm³/mol. The Morgan fingerprint density at radius 3 is 2.53 bits per heavy atom. The molecule has 2 saturated carbocycles. The highest BCUT2D eigenvalue weighted by Gasteiger charge is 2.69. The normalized spacial score (nSPS) is 34.9. The van der Waals surface area contributed by atoms with Crippen LogP contribution >= 0.6 is 0 Å². The van der Waals surface area contributed by atoms with Gasteiger partial charge in [0.2, 0.25) is 0 Å². The van der Waals surface area contributed by atoms with Crippen molar-refractivity contribution < 1.29 is 14.0 Å². The maximum Gasteiger partial charge on any atom is 0.312 e. The summed E-state index contributed by atoms with van der Waals surface area (Å²) in [5, 5.41) is 0. The van der Waals surface area contributed by atoms with E-state index in [4.69, 9.17) is 9.16 Å². The molecule has 19 heavy (non-hydrogen) atoms. The third kappa shape index (κ3) is 3.22. The van der Waals surface area contributed by atoms with Gasteiger partial charge in [-0.2, -0.15) is 0 Å². The van der Waals surface area contributed by atoms with Crippen molar-refractivity contribution in [2.24, 2.45) is 11.8 Å². The van der Waals surface area contributed by atoms with Crippen molar-refractivity contribution in [1.82, 2.24) is 0 Å². The molecule has 3 unspecified atom stereocenters. The van der Waals surface area contributed by atoms with Crippen molar-refractivity contribution >= 4 is 14.3 Å². The minimum absolute atomic E-state index is 0.0114. The van der Waals surface area contributed by atoms with Crippen molar-refractivity contribution in [3.05, 3.63) is 0 Å². The Morgan fingerprint density at radius 2 is 1.89 bits per heavy atom. The smallest absolute Gasteiger partial charge is 0.312 e. The van der Waals surface area contributed by atoms with Crippen molar-refractivity contribution in [1.29, 1.82) is 0 Å². The number of esters is 1. The molecular formula is C15H28O3Si. The summed E-state index contributed by atoms with van der Waals surface area (Å²) in [6.07, 6.45) is 7.18. The number of hydrogen-bond donors (Lipinski definition) is 0. The van der Waals surface area contributed by atoms with E-state index in [1.165, 1.54) is 25.7 Å². The highest BCUT2D eigenvalue weighted by Crippen LogP contribution is 2.61. The molecule has 0 bridgehead atoms. The van der Waals surface area contributed by atoms with Gasteiger partial charge in [-0.05, 0) is 39.4 Å². The summed E-state index contributed by atoms with van der Waals surface area (Å²) >= 11 is 0. The molecule has 2 fully saturated rings. The Kier molecular flexibility index (Phi) is 4.41. The number of hydrogen-bond acceptors (Lipinski definition) is 3. The molecule has 0 spiro atoms. The average molecular weight is 284 g/mol. The quantitative estimate of drug-likeness (QED) is 0.583. The van der Waals surface area contributed by atoms with E-state index in [9.17, 15) is 4.79 Å². The molecule has 4 heteroatoms. The molecule has 0 heterocycles. The van der Waals surface area contributed by atoms with Crippen LogP contribution in [0.1, 0.15) is 45.4 Å². The van der Waals surface area contributed by atoms with Crippen LogP contribution in [0.4, 0.5) is 0 Å². The lowest BCUT2D eigenvalue weighted by molar-refractivity contribution is -0.146. The molecule has 3 nitrogen and oxygen atoms in total. The van der Waals surface area contributed by atoms with Crippen LogP contribution in [0.5, 0.6) is 0 Å². The second-order valence-electron chi connectivity index (χ2n) is 6.96. The fourth-order valence-electron chi connectivity index (χ4n) is 3.72. The molecule has 0 aromatic heterocycles. The van der Waals surface area contributed by atoms with E-state index in [1.54, 1.807) is 0 Å². The number of fused-ring (bicyclic) bond motifs is 1. The lowest BCUT2D eigenvalue weighted by Crippen LogP contribution is -2.37. The van der Waals surface area contributed by atoms with Crippen LogP contribution in [0.2, 0.25) is 19.6 Å². The van der Waals surface area contributed by atoms with Crippen LogP contribution in [-0.2, 0) is 14.0 Å². The summed E-state index contributed by atoms with van der Waals surface area (Å²) in [6, 6.07) is 0. The Labute approximate surface area is 118 Å². The highest BCUT2D eigenvalue weighted by atomic mass is 28.4. The first-order valence-electron chi connectivity index (χ1n) is 7.77. The molecule has 0 amide bonds. The van der Waals surface area contributed by atoms with Crippen LogP contribution in [-0.4, -0.2) is 26.5 Å². The van der Waals surface area contributed by atoms with E-state index in [0.29, 0.717) is 12.5 Å². The van der Waals surface area contributed by atoms with Crippen LogP contribution in [0, 0.1) is 11.8 Å². The van der Waals surface area contributed by atoms with E-state index < -0.39 is 8.32 Å². The first-order valence-corrected chi connectivity index (χ1v) is 11.2. The molecule has 2 rings (SSSR count). The molecular weight excluding hydrogens is 256 g/mol. The molecule has 2 aliphatic rings. The molecule has 3 atom stereocenters. The number of carbonyl (C=O) groups excluding carboxylic acids is 1. The van der Waals surface area contributed by atoms with Gasteiger partial charge >= 0.3 is 5.97 Å². The van der Waals surface area contributed by atoms with Gasteiger partial charge in [0.15, 0.2) is 8.32 Å². The lowest BCUT2D eigenvalue weighted by Gasteiger charge is -2.29. The summed E-state index contributed by atoms with van der Waals surface area (Å²) in [5.41, 5.74) is -0.169. The van der Waals surface area contributed by atoms with Crippen LogP contribution in [0.15, 0.2) is 0 Å². The summed E-state index contributed by atoms with van der Waals surface area (Å²) < 4.78 is 11.8. The van der Waals surface area contributed by atoms with Gasteiger partial charge in [0.1, 0.15) is 0 Å². The van der Waals surface area contributed by atoms with Crippen LogP contribution in [0.25, 0.3) is 0 Å². The first kappa shape index (κ1) is 15.0. The minimum atomic E-state index is -1.63. The second kappa shape index (κ2) is 5.56. The van der Waals surface area contributed by atoms with Gasteiger partial charge in [-0.25, -0.2) is 0 Å². The Morgan fingerprint density at radius 1 is 1.21 bits per heavy atom. The second-order valence-corrected chi connectivity index (χ2v) is 11.4. The van der Waals surface area contributed by atoms with Gasteiger partial charge in [-0.1, -0.05) is 25.7 Å². The number of carbonyl (C=O) groups is 1. The Bertz CT molecular complexity index is 337. The third-order valence-electron chi connectivity index (χ3n) is 4.32. The monoisotopic (exact) mass is 284 g/mol. The molecule has 2 aliphatic carbocycles. The molecule has 110 valence electrons. The molecule has 0 aromatic carbocycles. The zero-order chi connectivity index (χ0) is 14.1. The zero-order valence-corrected chi connectivity index (χ0v) is 13.8. The Hall–Kier alpha value is -0.353. The average Bonchev–Trinajstić information content (AvgIpc) is 2.82. The van der Waals surface area contributed by atoms with Gasteiger partial charge in [-0.15, -0.1) is 0 Å². The first-order chi connectivity index (χ1) is 8.91. The highest BCUT2D eigenvalue weighted by molar-refractivity contribution is 6.69. The van der Waals surface area contributed by atoms with Gasteiger partial charge in [0, 0.05) is 5.92 Å². The molecule has 0 radical (unpaired) electrons. The summed E-state index contributed by atoms with van der Waals surface area (Å²) in [7, 11) is -1.63. The minimum Gasteiger partial charge on any atom is -0.466 e. The van der Waals surface area contributed by atoms with E-state index in [-0.39, 0.29) is 17.5 Å². The van der Waals surface area contributed by atoms with Gasteiger partial charge < -0.3 is 9.16 Å². The van der Waals surface area contributed by atoms with Crippen LogP contribution in [0.3, 0.4) is 0 Å². The zero-order valence-electron chi connectivity index (χ0n) is 12.8. The third-order valence-corrected chi connectivity index (χ3v) is 5.31. The molecule has 0 aromatic rings. The van der Waals surface area contributed by atoms with Crippen molar-refractivity contribution in [2.45, 2.75) is 70.7 Å². The number of rotatable bonds is 4. The van der Waals surface area contributed by atoms with Gasteiger partial charge in [0.25, 0.3) is 0 Å². The fraction of sp³-hybridized carbons (Fsp3) is 0.933. The maximum atomic E-state index is 12.2. The SMILES string of the molecule is CCOC(=O)C1C2CCCCCCC21O[Si](C)(C)C. The lowest BCUT2D eigenvalue weighted by atomic mass is 9.99. The standard InChI is InChI=1S/C15H28O3Si/c1-5-17-14(16)13-12-10-8-6-7-9-11-15(12,13)18-19(2,3)4/h12-13H,5-11H2,1-4H3. The van der Waals surface area contributed by atoms with E-state index in [1.807, 2.05) is 6.92 Å². The topological polar surface area (TPSA) is 35.5 Å². The van der Waals surface area contributed by atoms with E-state index >= 15 is 0 Å². The summed E-state index contributed by atoms with van der Waals surface area (Å²) in [5.74, 6) is 0.406. The summed E-state index contributed by atoms with van der Waals surface area (Å²) in [4.78, 5) is 12.2. The van der Waals surface area contributed by atoms with E-state index in [0.717, 1.165) is 12.8 Å². The van der Waals surface area contributed by atoms with Crippen molar-refractivity contribution in [3.8, 4) is 0 Å². The van der Waals surface area contributed by atoms with Gasteiger partial charge in [-0.3, -0.25) is 4.79 Å². The molecule has 0 N–H and O–H groups in total. The predicted octanol–water partition coefficient (Wildman–Crippen LogP) is 3.74.